The summed E-state index contributed by atoms with van der Waals surface area (Å²) < 4.78 is 31.0. The maximum Gasteiger partial charge on any atom is 0.341 e. The molecular weight excluding hydrogens is 540 g/mol. The maximum absolute atomic E-state index is 14.8. The van der Waals surface area contributed by atoms with Gasteiger partial charge in [0.15, 0.2) is 11.2 Å². The zero-order chi connectivity index (χ0) is 29.5. The molecule has 3 N–H and O–H groups in total. The van der Waals surface area contributed by atoms with Gasteiger partial charge in [0.25, 0.3) is 0 Å². The summed E-state index contributed by atoms with van der Waals surface area (Å²) in [5.41, 5.74) is -7.35. The minimum atomic E-state index is -2.10. The van der Waals surface area contributed by atoms with Crippen LogP contribution in [0.5, 0.6) is 0 Å². The summed E-state index contributed by atoms with van der Waals surface area (Å²) in [5.74, 6) is -10.3. The maximum atomic E-state index is 14.8. The van der Waals surface area contributed by atoms with E-state index in [1.54, 1.807) is 27.7 Å². The number of hydrogen-bond acceptors (Lipinski definition) is 12. The lowest BCUT2D eigenvalue weighted by molar-refractivity contribution is -0.342. The van der Waals surface area contributed by atoms with Crippen LogP contribution in [0, 0.1) is 35.0 Å². The number of ketones is 2. The fourth-order valence-electron chi connectivity index (χ4n) is 10.9. The monoisotopic (exact) mass is 576 g/mol. The smallest absolute Gasteiger partial charge is 0.341 e. The highest BCUT2D eigenvalue weighted by Crippen LogP contribution is 2.72. The zero-order valence-corrected chi connectivity index (χ0v) is 23.7. The van der Waals surface area contributed by atoms with Crippen molar-refractivity contribution in [2.45, 2.75) is 119 Å². The predicted octanol–water partition coefficient (Wildman–Crippen LogP) is -0.0825. The van der Waals surface area contributed by atoms with Crippen molar-refractivity contribution in [3.63, 3.8) is 0 Å². The summed E-state index contributed by atoms with van der Waals surface area (Å²) in [4.78, 5) is 54.3. The number of rotatable bonds is 0. The quantitative estimate of drug-likeness (QED) is 0.328. The lowest BCUT2D eigenvalue weighted by Crippen LogP contribution is -2.66. The first-order valence-corrected chi connectivity index (χ1v) is 14.6. The molecule has 0 unspecified atom stereocenters. The summed E-state index contributed by atoms with van der Waals surface area (Å²) in [6.45, 7) is 8.29. The lowest BCUT2D eigenvalue weighted by Gasteiger charge is -2.50. The predicted molar refractivity (Wildman–Crippen MR) is 131 cm³/mol. The molecule has 2 saturated carbocycles. The molecule has 0 aromatic heterocycles. The highest BCUT2D eigenvalue weighted by molar-refractivity contribution is 5.98. The Morgan fingerprint density at radius 1 is 0.951 bits per heavy atom. The van der Waals surface area contributed by atoms with Crippen LogP contribution in [0.1, 0.15) is 66.7 Å². The molecule has 41 heavy (non-hydrogen) atoms. The van der Waals surface area contributed by atoms with Gasteiger partial charge in [-0.15, -0.1) is 0 Å². The molecule has 2 bridgehead atoms. The molecule has 0 aromatic rings. The number of esters is 2. The van der Waals surface area contributed by atoms with Crippen molar-refractivity contribution in [2.24, 2.45) is 35.0 Å². The van der Waals surface area contributed by atoms with Gasteiger partial charge in [0, 0.05) is 35.5 Å². The van der Waals surface area contributed by atoms with Crippen molar-refractivity contribution in [3.05, 3.63) is 0 Å². The molecular formula is C29H36O12. The van der Waals surface area contributed by atoms with E-state index in [4.69, 9.17) is 23.7 Å². The molecule has 3 spiro atoms. The van der Waals surface area contributed by atoms with Gasteiger partial charge in [-0.25, -0.2) is 4.79 Å². The van der Waals surface area contributed by atoms with E-state index in [1.807, 2.05) is 0 Å². The molecule has 14 atom stereocenters. The van der Waals surface area contributed by atoms with Gasteiger partial charge in [0.05, 0.1) is 23.2 Å². The second-order valence-electron chi connectivity index (χ2n) is 14.9. The fourth-order valence-corrected chi connectivity index (χ4v) is 10.9. The van der Waals surface area contributed by atoms with Crippen LogP contribution >= 0.6 is 0 Å². The van der Waals surface area contributed by atoms with Crippen LogP contribution in [0.15, 0.2) is 0 Å². The van der Waals surface area contributed by atoms with Gasteiger partial charge in [0.1, 0.15) is 24.4 Å². The Bertz CT molecular complexity index is 1340. The number of hydrogen-bond donors (Lipinski definition) is 3. The van der Waals surface area contributed by atoms with Crippen molar-refractivity contribution in [1.82, 2.24) is 0 Å². The van der Waals surface area contributed by atoms with Crippen molar-refractivity contribution < 1.29 is 58.2 Å². The minimum Gasteiger partial charge on any atom is -0.457 e. The Kier molecular flexibility index (Phi) is 4.58. The molecule has 224 valence electrons. The molecule has 6 saturated heterocycles. The Morgan fingerprint density at radius 3 is 2.37 bits per heavy atom. The third-order valence-electron chi connectivity index (χ3n) is 12.4. The van der Waals surface area contributed by atoms with Crippen molar-refractivity contribution in [1.29, 1.82) is 0 Å². The number of carbonyl (C=O) groups is 4. The molecule has 8 rings (SSSR count). The second-order valence-corrected chi connectivity index (χ2v) is 14.9. The number of ether oxygens (including phenoxy) is 5. The number of Topliss-reactive ketones (excluding diaryl/α,β-unsaturated/α-hetero) is 2. The topological polar surface area (TPSA) is 175 Å². The fraction of sp³-hybridized carbons (Fsp3) is 0.862. The van der Waals surface area contributed by atoms with Crippen LogP contribution in [0.4, 0.5) is 0 Å². The molecule has 0 aromatic carbocycles. The average molecular weight is 577 g/mol. The van der Waals surface area contributed by atoms with Gasteiger partial charge >= 0.3 is 11.9 Å². The summed E-state index contributed by atoms with van der Waals surface area (Å²) in [5, 5.41) is 34.8. The lowest BCUT2D eigenvalue weighted by atomic mass is 9.60. The standard InChI is InChI=1S/C29H36O12/c1-11-15-17-21(25(5,35)22(34)37-17)39-29-18(15)24(4,19(11)32)6-7-26(41-29)10-27-13(8-12(30)16(26)20(29)33)23(2,3)40-28(27,36)9-14(31)38-27/h11-13,15-18,21,30,35-36H,6-10H2,1-5H3/t11-,12+,13+,15-,16+,17-,18+,21+,24+,25-,26+,27-,28-,29+/m1/s1. The minimum absolute atomic E-state index is 0.0216. The third kappa shape index (κ3) is 2.63. The molecule has 6 aliphatic heterocycles. The van der Waals surface area contributed by atoms with Gasteiger partial charge in [0.2, 0.25) is 17.4 Å². The molecule has 12 heteroatoms. The molecule has 8 aliphatic rings. The molecule has 2 aliphatic carbocycles. The Morgan fingerprint density at radius 2 is 1.66 bits per heavy atom. The van der Waals surface area contributed by atoms with Gasteiger partial charge in [-0.2, -0.15) is 0 Å². The van der Waals surface area contributed by atoms with E-state index in [2.05, 4.69) is 0 Å². The van der Waals surface area contributed by atoms with Crippen LogP contribution < -0.4 is 0 Å². The van der Waals surface area contributed by atoms with E-state index >= 15 is 0 Å². The van der Waals surface area contributed by atoms with E-state index in [9.17, 15) is 34.5 Å². The molecule has 6 heterocycles. The normalized spacial score (nSPS) is 61.3. The van der Waals surface area contributed by atoms with Gasteiger partial charge in [-0.05, 0) is 40.0 Å². The highest BCUT2D eigenvalue weighted by atomic mass is 16.8. The molecule has 12 nitrogen and oxygen atoms in total. The van der Waals surface area contributed by atoms with Crippen molar-refractivity contribution in [2.75, 3.05) is 0 Å². The van der Waals surface area contributed by atoms with Gasteiger partial charge in [-0.1, -0.05) is 13.8 Å². The van der Waals surface area contributed by atoms with E-state index < -0.39 is 111 Å². The first-order chi connectivity index (χ1) is 18.9. The van der Waals surface area contributed by atoms with E-state index in [-0.39, 0.29) is 31.5 Å². The summed E-state index contributed by atoms with van der Waals surface area (Å²) in [6.07, 6.45) is -3.75. The van der Waals surface area contributed by atoms with Crippen LogP contribution in [0.3, 0.4) is 0 Å². The Labute approximate surface area is 236 Å². The third-order valence-corrected chi connectivity index (χ3v) is 12.4. The summed E-state index contributed by atoms with van der Waals surface area (Å²) in [6, 6.07) is 0. The SMILES string of the molecule is C[C@H]1C(=O)[C@@]2(C)CC[C@]34C[C@]56OC(=O)C[C@@]5(O)OC(C)(C)[C@@H]6C[C@H](O)[C@H]3C(=O)[C@@]3(O[C@H]5[C@H](OC(=O)[C@]5(C)O)[C@@H]1[C@H]32)O4. The van der Waals surface area contributed by atoms with Crippen LogP contribution in [0.2, 0.25) is 0 Å². The summed E-state index contributed by atoms with van der Waals surface area (Å²) >= 11 is 0. The number of carbonyl (C=O) groups excluding carboxylic acids is 4. The van der Waals surface area contributed by atoms with Crippen LogP contribution in [-0.2, 0) is 42.9 Å². The number of aliphatic hydroxyl groups excluding tert-OH is 1. The van der Waals surface area contributed by atoms with Crippen LogP contribution in [0.25, 0.3) is 0 Å². The molecule has 0 amide bonds. The Hall–Kier alpha value is -1.96. The van der Waals surface area contributed by atoms with Crippen LogP contribution in [-0.4, -0.2) is 91.1 Å². The van der Waals surface area contributed by atoms with Gasteiger partial charge in [-0.3, -0.25) is 14.4 Å². The summed E-state index contributed by atoms with van der Waals surface area (Å²) in [7, 11) is 0. The van der Waals surface area contributed by atoms with Crippen molar-refractivity contribution >= 4 is 23.5 Å². The highest BCUT2D eigenvalue weighted by Gasteiger charge is 2.86. The van der Waals surface area contributed by atoms with E-state index in [0.717, 1.165) is 0 Å². The van der Waals surface area contributed by atoms with E-state index in [1.165, 1.54) is 6.92 Å². The second kappa shape index (κ2) is 7.05. The number of fused-ring (bicyclic) bond motifs is 2. The average Bonchev–Trinajstić information content (AvgIpc) is 3.39. The molecule has 8 fully saturated rings. The first-order valence-electron chi connectivity index (χ1n) is 14.6. The largest absolute Gasteiger partial charge is 0.457 e. The van der Waals surface area contributed by atoms with Gasteiger partial charge < -0.3 is 39.0 Å². The van der Waals surface area contributed by atoms with Crippen molar-refractivity contribution in [3.8, 4) is 0 Å². The first kappa shape index (κ1) is 26.7. The zero-order valence-electron chi connectivity index (χ0n) is 23.7. The molecule has 0 radical (unpaired) electrons. The van der Waals surface area contributed by atoms with E-state index in [0.29, 0.717) is 0 Å². The number of aliphatic hydroxyl groups is 3. The Balaban J connectivity index is 1.34.